The summed E-state index contributed by atoms with van der Waals surface area (Å²) < 4.78 is 18.1. The molecule has 1 aromatic rings. The molecule has 0 aromatic heterocycles. The van der Waals surface area contributed by atoms with Gasteiger partial charge < -0.3 is 15.4 Å². The zero-order chi connectivity index (χ0) is 18.2. The van der Waals surface area contributed by atoms with Crippen molar-refractivity contribution in [3.63, 3.8) is 0 Å². The topological polar surface area (TPSA) is 93.5 Å². The molecule has 0 atom stereocenters. The quantitative estimate of drug-likeness (QED) is 0.426. The lowest BCUT2D eigenvalue weighted by Crippen LogP contribution is -2.33. The van der Waals surface area contributed by atoms with Gasteiger partial charge in [0.05, 0.1) is 11.0 Å². The largest absolute Gasteiger partial charge is 0.444 e. The molecule has 134 valence electrons. The van der Waals surface area contributed by atoms with Crippen LogP contribution in [0.25, 0.3) is 0 Å². The van der Waals surface area contributed by atoms with E-state index in [0.717, 1.165) is 25.3 Å². The number of carbonyl (C=O) groups is 1. The molecule has 0 saturated carbocycles. The van der Waals surface area contributed by atoms with Crippen LogP contribution in [-0.2, 0) is 4.74 Å². The number of amides is 1. The highest BCUT2D eigenvalue weighted by Gasteiger charge is 2.15. The number of nitro benzene ring substituents is 1. The highest BCUT2D eigenvalue weighted by atomic mass is 19.1. The Labute approximate surface area is 140 Å². The molecule has 0 heterocycles. The number of anilines is 1. The van der Waals surface area contributed by atoms with Crippen molar-refractivity contribution < 1.29 is 18.8 Å². The third-order valence-electron chi connectivity index (χ3n) is 2.99. The second-order valence-electron chi connectivity index (χ2n) is 6.33. The minimum atomic E-state index is -0.638. The molecule has 0 aliphatic rings. The molecule has 0 unspecified atom stereocenters. The van der Waals surface area contributed by atoms with Crippen molar-refractivity contribution in [2.45, 2.75) is 45.6 Å². The van der Waals surface area contributed by atoms with E-state index in [1.807, 2.05) is 0 Å². The molecule has 0 aliphatic heterocycles. The van der Waals surface area contributed by atoms with Gasteiger partial charge in [-0.05, 0) is 52.2 Å². The van der Waals surface area contributed by atoms with Gasteiger partial charge in [0.15, 0.2) is 0 Å². The van der Waals surface area contributed by atoms with Gasteiger partial charge in [0, 0.05) is 13.1 Å². The van der Waals surface area contributed by atoms with Crippen molar-refractivity contribution >= 4 is 17.5 Å². The summed E-state index contributed by atoms with van der Waals surface area (Å²) in [7, 11) is 0. The number of hydrogen-bond acceptors (Lipinski definition) is 5. The van der Waals surface area contributed by atoms with Crippen LogP contribution in [0, 0.1) is 15.9 Å². The first-order valence-electron chi connectivity index (χ1n) is 7.84. The molecule has 1 rings (SSSR count). The van der Waals surface area contributed by atoms with Crippen LogP contribution >= 0.6 is 0 Å². The van der Waals surface area contributed by atoms with Gasteiger partial charge in [0.2, 0.25) is 0 Å². The zero-order valence-corrected chi connectivity index (χ0v) is 14.2. The molecule has 7 nitrogen and oxygen atoms in total. The number of nitrogens with zero attached hydrogens (tertiary/aromatic N) is 1. The Kier molecular flexibility index (Phi) is 7.41. The summed E-state index contributed by atoms with van der Waals surface area (Å²) in [6.07, 6.45) is 1.93. The van der Waals surface area contributed by atoms with Crippen molar-refractivity contribution in [2.75, 3.05) is 18.4 Å². The van der Waals surface area contributed by atoms with E-state index < -0.39 is 22.4 Å². The lowest BCUT2D eigenvalue weighted by atomic mass is 10.2. The fourth-order valence-corrected chi connectivity index (χ4v) is 1.96. The molecule has 2 N–H and O–H groups in total. The van der Waals surface area contributed by atoms with Gasteiger partial charge >= 0.3 is 6.09 Å². The fraction of sp³-hybridized carbons (Fsp3) is 0.562. The first kappa shape index (κ1) is 19.7. The second-order valence-corrected chi connectivity index (χ2v) is 6.33. The second kappa shape index (κ2) is 9.05. The number of nitrogens with one attached hydrogen (secondary N) is 2. The number of nitro groups is 1. The zero-order valence-electron chi connectivity index (χ0n) is 14.2. The SMILES string of the molecule is CC(C)(C)OC(=O)NCCCCCNc1ccc(F)cc1[N+](=O)[O-]. The Bertz CT molecular complexity index is 573. The van der Waals surface area contributed by atoms with Crippen LogP contribution in [0.5, 0.6) is 0 Å². The first-order chi connectivity index (χ1) is 11.2. The molecule has 0 radical (unpaired) electrons. The standard InChI is InChI=1S/C16H24FN3O4/c1-16(2,3)24-15(21)19-10-6-4-5-9-18-13-8-7-12(17)11-14(13)20(22)23/h7-8,11,18H,4-6,9-10H2,1-3H3,(H,19,21). The van der Waals surface area contributed by atoms with Crippen LogP contribution in [0.15, 0.2) is 18.2 Å². The number of benzene rings is 1. The van der Waals surface area contributed by atoms with E-state index in [1.54, 1.807) is 20.8 Å². The molecule has 1 amide bonds. The highest BCUT2D eigenvalue weighted by molar-refractivity contribution is 5.67. The Morgan fingerprint density at radius 2 is 1.92 bits per heavy atom. The van der Waals surface area contributed by atoms with E-state index in [9.17, 15) is 19.3 Å². The number of ether oxygens (including phenoxy) is 1. The third-order valence-corrected chi connectivity index (χ3v) is 2.99. The summed E-state index contributed by atoms with van der Waals surface area (Å²) in [5, 5.41) is 16.5. The average molecular weight is 341 g/mol. The van der Waals surface area contributed by atoms with Gasteiger partial charge in [-0.1, -0.05) is 0 Å². The maximum Gasteiger partial charge on any atom is 0.407 e. The van der Waals surface area contributed by atoms with E-state index >= 15 is 0 Å². The predicted molar refractivity (Wildman–Crippen MR) is 89.6 cm³/mol. The summed E-state index contributed by atoms with van der Waals surface area (Å²) in [6.45, 7) is 6.43. The molecule has 0 fully saturated rings. The Hall–Kier alpha value is -2.38. The first-order valence-corrected chi connectivity index (χ1v) is 7.84. The van der Waals surface area contributed by atoms with E-state index in [0.29, 0.717) is 18.8 Å². The predicted octanol–water partition coefficient (Wildman–Crippen LogP) is 3.84. The Morgan fingerprint density at radius 1 is 1.25 bits per heavy atom. The van der Waals surface area contributed by atoms with Gasteiger partial charge in [-0.15, -0.1) is 0 Å². The van der Waals surface area contributed by atoms with Crippen molar-refractivity contribution in [3.8, 4) is 0 Å². The summed E-state index contributed by atoms with van der Waals surface area (Å²) in [5.74, 6) is -0.638. The Balaban J connectivity index is 2.21. The normalized spacial score (nSPS) is 11.0. The molecule has 1 aromatic carbocycles. The van der Waals surface area contributed by atoms with Crippen LogP contribution < -0.4 is 10.6 Å². The van der Waals surface area contributed by atoms with Gasteiger partial charge in [0.25, 0.3) is 5.69 Å². The van der Waals surface area contributed by atoms with E-state index in [-0.39, 0.29) is 5.69 Å². The van der Waals surface area contributed by atoms with Gasteiger partial charge in [-0.3, -0.25) is 10.1 Å². The van der Waals surface area contributed by atoms with Crippen molar-refractivity contribution in [1.82, 2.24) is 5.32 Å². The smallest absolute Gasteiger partial charge is 0.407 e. The van der Waals surface area contributed by atoms with Crippen molar-refractivity contribution in [2.24, 2.45) is 0 Å². The van der Waals surface area contributed by atoms with E-state index in [2.05, 4.69) is 10.6 Å². The maximum absolute atomic E-state index is 13.0. The molecule has 24 heavy (non-hydrogen) atoms. The van der Waals surface area contributed by atoms with E-state index in [4.69, 9.17) is 4.74 Å². The molecular weight excluding hydrogens is 317 g/mol. The minimum absolute atomic E-state index is 0.276. The van der Waals surface area contributed by atoms with E-state index in [1.165, 1.54) is 12.1 Å². The number of unbranched alkanes of at least 4 members (excludes halogenated alkanes) is 2. The molecule has 0 bridgehead atoms. The van der Waals surface area contributed by atoms with Crippen LogP contribution in [-0.4, -0.2) is 29.7 Å². The van der Waals surface area contributed by atoms with Crippen LogP contribution in [0.2, 0.25) is 0 Å². The van der Waals surface area contributed by atoms with Gasteiger partial charge in [-0.25, -0.2) is 9.18 Å². The van der Waals surface area contributed by atoms with Gasteiger partial charge in [0.1, 0.15) is 17.1 Å². The summed E-state index contributed by atoms with van der Waals surface area (Å²) in [4.78, 5) is 21.7. The highest BCUT2D eigenvalue weighted by Crippen LogP contribution is 2.24. The summed E-state index contributed by atoms with van der Waals surface area (Å²) in [6, 6.07) is 3.44. The number of alkyl carbamates (subject to hydrolysis) is 1. The number of hydrogen-bond donors (Lipinski definition) is 2. The summed E-state index contributed by atoms with van der Waals surface area (Å²) in [5.41, 5.74) is -0.493. The lowest BCUT2D eigenvalue weighted by Gasteiger charge is -2.19. The maximum atomic E-state index is 13.0. The van der Waals surface area contributed by atoms with Crippen molar-refractivity contribution in [3.05, 3.63) is 34.1 Å². The molecule has 0 saturated heterocycles. The molecule has 0 spiro atoms. The number of halogens is 1. The minimum Gasteiger partial charge on any atom is -0.444 e. The molecular formula is C16H24FN3O4. The van der Waals surface area contributed by atoms with Crippen molar-refractivity contribution in [1.29, 1.82) is 0 Å². The molecule has 8 heteroatoms. The number of rotatable bonds is 8. The third kappa shape index (κ3) is 7.75. The van der Waals surface area contributed by atoms with Gasteiger partial charge in [-0.2, -0.15) is 0 Å². The summed E-state index contributed by atoms with van der Waals surface area (Å²) >= 11 is 0. The van der Waals surface area contributed by atoms with Crippen LogP contribution in [0.4, 0.5) is 20.6 Å². The monoisotopic (exact) mass is 341 g/mol. The lowest BCUT2D eigenvalue weighted by molar-refractivity contribution is -0.384. The molecule has 0 aliphatic carbocycles. The van der Waals surface area contributed by atoms with Crippen LogP contribution in [0.1, 0.15) is 40.0 Å². The Morgan fingerprint density at radius 3 is 2.54 bits per heavy atom. The average Bonchev–Trinajstić information content (AvgIpc) is 2.45. The number of carbonyl (C=O) groups excluding carboxylic acids is 1. The van der Waals surface area contributed by atoms with Crippen LogP contribution in [0.3, 0.4) is 0 Å². The fourth-order valence-electron chi connectivity index (χ4n) is 1.96.